The smallest absolute Gasteiger partial charge is 0.295 e. The van der Waals surface area contributed by atoms with Crippen LogP contribution in [0.5, 0.6) is 0 Å². The lowest BCUT2D eigenvalue weighted by Gasteiger charge is -2.12. The summed E-state index contributed by atoms with van der Waals surface area (Å²) in [4.78, 5) is 10.1. The molecule has 1 unspecified atom stereocenters. The Balaban J connectivity index is 2.82. The predicted molar refractivity (Wildman–Crippen MR) is 60.1 cm³/mol. The molecule has 5 nitrogen and oxygen atoms in total. The molecule has 0 saturated heterocycles. The Hall–Kier alpha value is -1.69. The van der Waals surface area contributed by atoms with Crippen LogP contribution in [0.25, 0.3) is 0 Å². The Morgan fingerprint density at radius 1 is 1.56 bits per heavy atom. The molecule has 88 valence electrons. The van der Waals surface area contributed by atoms with Gasteiger partial charge < -0.3 is 10.6 Å². The third-order valence-electron chi connectivity index (χ3n) is 2.25. The van der Waals surface area contributed by atoms with Crippen molar-refractivity contribution < 1.29 is 9.31 Å². The van der Waals surface area contributed by atoms with Gasteiger partial charge in [-0.15, -0.1) is 0 Å². The van der Waals surface area contributed by atoms with Crippen molar-refractivity contribution in [1.29, 1.82) is 0 Å². The lowest BCUT2D eigenvalue weighted by Crippen LogP contribution is -2.29. The van der Waals surface area contributed by atoms with E-state index >= 15 is 0 Å². The number of nitro benzene ring substituents is 1. The van der Waals surface area contributed by atoms with E-state index < -0.39 is 10.7 Å². The SMILES string of the molecule is CNC(C)CNc1ccc(F)cc1[N+](=O)[O-]. The average molecular weight is 227 g/mol. The summed E-state index contributed by atoms with van der Waals surface area (Å²) in [6.45, 7) is 2.46. The van der Waals surface area contributed by atoms with E-state index in [0.29, 0.717) is 12.2 Å². The molecule has 0 bridgehead atoms. The molecule has 0 aliphatic rings. The largest absolute Gasteiger partial charge is 0.378 e. The standard InChI is InChI=1S/C10H14FN3O2/c1-7(12-2)6-13-9-4-3-8(11)5-10(9)14(15)16/h3-5,7,12-13H,6H2,1-2H3. The van der Waals surface area contributed by atoms with Gasteiger partial charge in [-0.1, -0.05) is 0 Å². The van der Waals surface area contributed by atoms with Crippen molar-refractivity contribution in [2.24, 2.45) is 0 Å². The molecule has 1 aromatic carbocycles. The van der Waals surface area contributed by atoms with Crippen LogP contribution >= 0.6 is 0 Å². The highest BCUT2D eigenvalue weighted by molar-refractivity contribution is 5.61. The minimum Gasteiger partial charge on any atom is -0.378 e. The molecule has 1 aromatic rings. The van der Waals surface area contributed by atoms with Crippen molar-refractivity contribution in [3.05, 3.63) is 34.1 Å². The van der Waals surface area contributed by atoms with E-state index in [4.69, 9.17) is 0 Å². The van der Waals surface area contributed by atoms with Crippen LogP contribution in [0.15, 0.2) is 18.2 Å². The molecular weight excluding hydrogens is 213 g/mol. The van der Waals surface area contributed by atoms with E-state index in [2.05, 4.69) is 10.6 Å². The van der Waals surface area contributed by atoms with Crippen LogP contribution in [0, 0.1) is 15.9 Å². The van der Waals surface area contributed by atoms with Gasteiger partial charge in [0.25, 0.3) is 5.69 Å². The summed E-state index contributed by atoms with van der Waals surface area (Å²) >= 11 is 0. The summed E-state index contributed by atoms with van der Waals surface area (Å²) in [7, 11) is 1.80. The molecule has 1 rings (SSSR count). The minimum absolute atomic E-state index is 0.171. The van der Waals surface area contributed by atoms with E-state index in [9.17, 15) is 14.5 Å². The van der Waals surface area contributed by atoms with Crippen LogP contribution < -0.4 is 10.6 Å². The molecule has 2 N–H and O–H groups in total. The maximum atomic E-state index is 12.8. The van der Waals surface area contributed by atoms with Crippen molar-refractivity contribution in [3.63, 3.8) is 0 Å². The summed E-state index contributed by atoms with van der Waals surface area (Å²) in [5, 5.41) is 16.6. The summed E-state index contributed by atoms with van der Waals surface area (Å²) in [5.74, 6) is -0.612. The second-order valence-corrected chi connectivity index (χ2v) is 3.49. The lowest BCUT2D eigenvalue weighted by molar-refractivity contribution is -0.384. The molecular formula is C10H14FN3O2. The highest BCUT2D eigenvalue weighted by Crippen LogP contribution is 2.24. The van der Waals surface area contributed by atoms with Crippen molar-refractivity contribution in [2.75, 3.05) is 18.9 Å². The number of likely N-dealkylation sites (N-methyl/N-ethyl adjacent to an activating group) is 1. The van der Waals surface area contributed by atoms with Crippen LogP contribution in [0.1, 0.15) is 6.92 Å². The van der Waals surface area contributed by atoms with Crippen LogP contribution in [0.2, 0.25) is 0 Å². The molecule has 0 fully saturated rings. The first-order chi connectivity index (χ1) is 7.54. The van der Waals surface area contributed by atoms with Gasteiger partial charge in [0.15, 0.2) is 0 Å². The zero-order valence-electron chi connectivity index (χ0n) is 9.16. The van der Waals surface area contributed by atoms with E-state index in [1.807, 2.05) is 6.92 Å². The highest BCUT2D eigenvalue weighted by atomic mass is 19.1. The fourth-order valence-electron chi connectivity index (χ4n) is 1.17. The number of nitrogens with one attached hydrogen (secondary N) is 2. The molecule has 0 aromatic heterocycles. The number of anilines is 1. The predicted octanol–water partition coefficient (Wildman–Crippen LogP) is 1.75. The Morgan fingerprint density at radius 2 is 2.25 bits per heavy atom. The number of hydrogen-bond donors (Lipinski definition) is 2. The maximum absolute atomic E-state index is 12.8. The molecule has 0 spiro atoms. The third kappa shape index (κ3) is 3.16. The van der Waals surface area contributed by atoms with E-state index in [0.717, 1.165) is 6.07 Å². The number of halogens is 1. The molecule has 0 amide bonds. The Bertz CT molecular complexity index is 384. The number of benzene rings is 1. The van der Waals surface area contributed by atoms with Gasteiger partial charge in [0.05, 0.1) is 11.0 Å². The van der Waals surface area contributed by atoms with Gasteiger partial charge >= 0.3 is 0 Å². The topological polar surface area (TPSA) is 67.2 Å². The fraction of sp³-hybridized carbons (Fsp3) is 0.400. The second-order valence-electron chi connectivity index (χ2n) is 3.49. The maximum Gasteiger partial charge on any atom is 0.295 e. The molecule has 0 saturated carbocycles. The average Bonchev–Trinajstić information content (AvgIpc) is 2.26. The fourth-order valence-corrected chi connectivity index (χ4v) is 1.17. The Kier molecular flexibility index (Phi) is 4.19. The molecule has 0 heterocycles. The highest BCUT2D eigenvalue weighted by Gasteiger charge is 2.14. The second kappa shape index (κ2) is 5.41. The first-order valence-corrected chi connectivity index (χ1v) is 4.89. The van der Waals surface area contributed by atoms with E-state index in [1.165, 1.54) is 12.1 Å². The van der Waals surface area contributed by atoms with E-state index in [-0.39, 0.29) is 11.7 Å². The van der Waals surface area contributed by atoms with Crippen molar-refractivity contribution in [2.45, 2.75) is 13.0 Å². The van der Waals surface area contributed by atoms with Gasteiger partial charge in [-0.25, -0.2) is 4.39 Å². The van der Waals surface area contributed by atoms with Crippen molar-refractivity contribution in [1.82, 2.24) is 5.32 Å². The van der Waals surface area contributed by atoms with Gasteiger partial charge in [-0.3, -0.25) is 10.1 Å². The van der Waals surface area contributed by atoms with Crippen LogP contribution in [-0.4, -0.2) is 24.6 Å². The van der Waals surface area contributed by atoms with E-state index in [1.54, 1.807) is 7.05 Å². The summed E-state index contributed by atoms with van der Waals surface area (Å²) < 4.78 is 12.8. The van der Waals surface area contributed by atoms with Crippen LogP contribution in [0.4, 0.5) is 15.8 Å². The number of nitro groups is 1. The summed E-state index contributed by atoms with van der Waals surface area (Å²) in [6, 6.07) is 3.64. The minimum atomic E-state index is -0.612. The monoisotopic (exact) mass is 227 g/mol. The van der Waals surface area contributed by atoms with Gasteiger partial charge in [0.2, 0.25) is 0 Å². The Morgan fingerprint density at radius 3 is 2.81 bits per heavy atom. The summed E-state index contributed by atoms with van der Waals surface area (Å²) in [6.07, 6.45) is 0. The quantitative estimate of drug-likeness (QED) is 0.594. The molecule has 1 atom stereocenters. The molecule has 16 heavy (non-hydrogen) atoms. The molecule has 0 aliphatic heterocycles. The van der Waals surface area contributed by atoms with Gasteiger partial charge in [0, 0.05) is 12.6 Å². The van der Waals surface area contributed by atoms with Crippen molar-refractivity contribution >= 4 is 11.4 Å². The molecule has 0 aliphatic carbocycles. The normalized spacial score (nSPS) is 12.2. The first-order valence-electron chi connectivity index (χ1n) is 4.89. The lowest BCUT2D eigenvalue weighted by atomic mass is 10.2. The van der Waals surface area contributed by atoms with Gasteiger partial charge in [0.1, 0.15) is 11.5 Å². The molecule has 0 radical (unpaired) electrons. The first kappa shape index (κ1) is 12.4. The summed E-state index contributed by atoms with van der Waals surface area (Å²) in [5.41, 5.74) is 0.0804. The van der Waals surface area contributed by atoms with Crippen molar-refractivity contribution in [3.8, 4) is 0 Å². The zero-order valence-corrected chi connectivity index (χ0v) is 9.16. The number of nitrogens with zero attached hydrogens (tertiary/aromatic N) is 1. The van der Waals surface area contributed by atoms with Crippen LogP contribution in [-0.2, 0) is 0 Å². The van der Waals surface area contributed by atoms with Crippen LogP contribution in [0.3, 0.4) is 0 Å². The third-order valence-corrected chi connectivity index (χ3v) is 2.25. The number of hydrogen-bond acceptors (Lipinski definition) is 4. The van der Waals surface area contributed by atoms with Gasteiger partial charge in [-0.05, 0) is 26.1 Å². The number of rotatable bonds is 5. The van der Waals surface area contributed by atoms with Gasteiger partial charge in [-0.2, -0.15) is 0 Å². The Labute approximate surface area is 92.8 Å². The zero-order chi connectivity index (χ0) is 12.1. The molecule has 6 heteroatoms.